The number of hydrogen-bond donors (Lipinski definition) is 0. The van der Waals surface area contributed by atoms with E-state index in [1.54, 1.807) is 6.07 Å². The number of benzene rings is 2. The zero-order valence-corrected chi connectivity index (χ0v) is 14.6. The van der Waals surface area contributed by atoms with E-state index < -0.39 is 21.9 Å². The molecular formula is C17H10ClFN2O4S. The van der Waals surface area contributed by atoms with Crippen LogP contribution in [-0.4, -0.2) is 21.0 Å². The minimum absolute atomic E-state index is 0.0491. The third-order valence-corrected chi connectivity index (χ3v) is 4.89. The fourth-order valence-electron chi connectivity index (χ4n) is 2.36. The molecule has 2 aromatic carbocycles. The number of thioether (sulfide) groups is 1. The molecule has 0 bridgehead atoms. The van der Waals surface area contributed by atoms with Crippen molar-refractivity contribution in [1.29, 1.82) is 0 Å². The summed E-state index contributed by atoms with van der Waals surface area (Å²) in [4.78, 5) is 35.9. The first-order chi connectivity index (χ1) is 12.4. The van der Waals surface area contributed by atoms with E-state index in [0.29, 0.717) is 17.3 Å². The molecule has 0 N–H and O–H groups in total. The van der Waals surface area contributed by atoms with Gasteiger partial charge in [-0.05, 0) is 35.5 Å². The van der Waals surface area contributed by atoms with Gasteiger partial charge in [0.1, 0.15) is 5.82 Å². The topological polar surface area (TPSA) is 80.5 Å². The van der Waals surface area contributed by atoms with Gasteiger partial charge >= 0.3 is 0 Å². The number of hydrogen-bond acceptors (Lipinski definition) is 5. The first-order valence-corrected chi connectivity index (χ1v) is 8.49. The molecule has 3 rings (SSSR count). The molecule has 1 aliphatic heterocycles. The van der Waals surface area contributed by atoms with Crippen LogP contribution in [0.15, 0.2) is 47.4 Å². The Kier molecular flexibility index (Phi) is 5.06. The average molecular weight is 393 g/mol. The first kappa shape index (κ1) is 18.1. The number of amides is 2. The lowest BCUT2D eigenvalue weighted by Gasteiger charge is -2.14. The predicted octanol–water partition coefficient (Wildman–Crippen LogP) is 4.62. The van der Waals surface area contributed by atoms with Gasteiger partial charge in [-0.15, -0.1) is 0 Å². The molecule has 9 heteroatoms. The normalized spacial score (nSPS) is 15.8. The molecule has 1 heterocycles. The Morgan fingerprint density at radius 1 is 1.23 bits per heavy atom. The van der Waals surface area contributed by atoms with Gasteiger partial charge in [-0.1, -0.05) is 29.8 Å². The Morgan fingerprint density at radius 2 is 1.96 bits per heavy atom. The Morgan fingerprint density at radius 3 is 2.65 bits per heavy atom. The van der Waals surface area contributed by atoms with Crippen LogP contribution in [-0.2, 0) is 11.3 Å². The third-order valence-electron chi connectivity index (χ3n) is 3.63. The molecule has 0 atom stereocenters. The Labute approximate surface area is 156 Å². The summed E-state index contributed by atoms with van der Waals surface area (Å²) in [6.07, 6.45) is 1.39. The van der Waals surface area contributed by atoms with Crippen LogP contribution in [0.5, 0.6) is 0 Å². The van der Waals surface area contributed by atoms with Crippen molar-refractivity contribution in [3.63, 3.8) is 0 Å². The van der Waals surface area contributed by atoms with E-state index >= 15 is 0 Å². The van der Waals surface area contributed by atoms with Crippen LogP contribution in [0.4, 0.5) is 14.9 Å². The van der Waals surface area contributed by atoms with Crippen LogP contribution in [0.2, 0.25) is 5.02 Å². The van der Waals surface area contributed by atoms with Gasteiger partial charge < -0.3 is 0 Å². The first-order valence-electron chi connectivity index (χ1n) is 7.29. The summed E-state index contributed by atoms with van der Waals surface area (Å²) in [7, 11) is 0. The summed E-state index contributed by atoms with van der Waals surface area (Å²) in [5.41, 5.74) is 0.331. The molecule has 0 aromatic heterocycles. The maximum atomic E-state index is 13.9. The Bertz CT molecular complexity index is 943. The lowest BCUT2D eigenvalue weighted by Crippen LogP contribution is -2.28. The van der Waals surface area contributed by atoms with Gasteiger partial charge in [-0.25, -0.2) is 4.39 Å². The van der Waals surface area contributed by atoms with Gasteiger partial charge in [-0.2, -0.15) is 0 Å². The molecule has 0 saturated carbocycles. The van der Waals surface area contributed by atoms with E-state index in [1.807, 2.05) is 0 Å². The highest BCUT2D eigenvalue weighted by Gasteiger charge is 2.35. The van der Waals surface area contributed by atoms with Crippen molar-refractivity contribution in [2.45, 2.75) is 6.54 Å². The monoisotopic (exact) mass is 392 g/mol. The minimum atomic E-state index is -0.612. The number of imide groups is 1. The molecule has 1 saturated heterocycles. The van der Waals surface area contributed by atoms with Crippen LogP contribution in [0.25, 0.3) is 6.08 Å². The lowest BCUT2D eigenvalue weighted by molar-refractivity contribution is -0.384. The maximum Gasteiger partial charge on any atom is 0.293 e. The van der Waals surface area contributed by atoms with Crippen molar-refractivity contribution < 1.29 is 18.9 Å². The highest BCUT2D eigenvalue weighted by molar-refractivity contribution is 8.18. The fraction of sp³-hybridized carbons (Fsp3) is 0.0588. The van der Waals surface area contributed by atoms with E-state index in [0.717, 1.165) is 4.90 Å². The van der Waals surface area contributed by atoms with E-state index in [4.69, 9.17) is 11.6 Å². The SMILES string of the molecule is O=C1S/C(=C/c2cccc([N+](=O)[O-])c2)C(=O)N1Cc1c(F)cccc1Cl. The average Bonchev–Trinajstić information content (AvgIpc) is 2.85. The second-order valence-corrected chi connectivity index (χ2v) is 6.72. The van der Waals surface area contributed by atoms with Gasteiger partial charge in [0.05, 0.1) is 16.4 Å². The van der Waals surface area contributed by atoms with Crippen LogP contribution >= 0.6 is 23.4 Å². The van der Waals surface area contributed by atoms with Gasteiger partial charge in [0.2, 0.25) is 0 Å². The smallest absolute Gasteiger partial charge is 0.268 e. The second kappa shape index (κ2) is 7.27. The fourth-order valence-corrected chi connectivity index (χ4v) is 3.42. The van der Waals surface area contributed by atoms with Crippen molar-refractivity contribution in [2.75, 3.05) is 0 Å². The van der Waals surface area contributed by atoms with E-state index in [-0.39, 0.29) is 27.7 Å². The summed E-state index contributed by atoms with van der Waals surface area (Å²) in [5.74, 6) is -1.22. The zero-order chi connectivity index (χ0) is 18.8. The number of carbonyl (C=O) groups is 2. The van der Waals surface area contributed by atoms with Crippen molar-refractivity contribution in [2.24, 2.45) is 0 Å². The molecule has 0 radical (unpaired) electrons. The van der Waals surface area contributed by atoms with Gasteiger partial charge in [-0.3, -0.25) is 24.6 Å². The number of carbonyl (C=O) groups excluding carboxylic acids is 2. The summed E-state index contributed by atoms with van der Waals surface area (Å²) < 4.78 is 13.9. The van der Waals surface area contributed by atoms with Crippen molar-refractivity contribution >= 4 is 46.3 Å². The highest BCUT2D eigenvalue weighted by atomic mass is 35.5. The molecule has 1 aliphatic rings. The van der Waals surface area contributed by atoms with Gasteiger partial charge in [0.25, 0.3) is 16.8 Å². The standard InChI is InChI=1S/C17H10ClFN2O4S/c18-13-5-2-6-14(19)12(13)9-20-16(22)15(26-17(20)23)8-10-3-1-4-11(7-10)21(24)25/h1-8H,9H2/b15-8+. The molecule has 0 spiro atoms. The van der Waals surface area contributed by atoms with Crippen molar-refractivity contribution in [3.8, 4) is 0 Å². The molecular weight excluding hydrogens is 383 g/mol. The molecule has 1 fully saturated rings. The van der Waals surface area contributed by atoms with Crippen LogP contribution in [0.3, 0.4) is 0 Å². The summed E-state index contributed by atoms with van der Waals surface area (Å²) in [6.45, 7) is -0.289. The molecule has 0 unspecified atom stereocenters. The number of halogens is 2. The number of nitro benzene ring substituents is 1. The molecule has 6 nitrogen and oxygen atoms in total. The van der Waals surface area contributed by atoms with Crippen molar-refractivity contribution in [1.82, 2.24) is 4.90 Å². The molecule has 2 amide bonds. The number of nitro groups is 1. The van der Waals surface area contributed by atoms with Gasteiger partial charge in [0.15, 0.2) is 0 Å². The van der Waals surface area contributed by atoms with Crippen LogP contribution in [0, 0.1) is 15.9 Å². The Balaban J connectivity index is 1.87. The highest BCUT2D eigenvalue weighted by Crippen LogP contribution is 2.34. The van der Waals surface area contributed by atoms with E-state index in [2.05, 4.69) is 0 Å². The summed E-state index contributed by atoms with van der Waals surface area (Å²) in [5, 5.41) is 10.4. The zero-order valence-electron chi connectivity index (χ0n) is 13.0. The van der Waals surface area contributed by atoms with E-state index in [1.165, 1.54) is 42.5 Å². The van der Waals surface area contributed by atoms with Gasteiger partial charge in [0, 0.05) is 22.7 Å². The van der Waals surface area contributed by atoms with Crippen LogP contribution < -0.4 is 0 Å². The molecule has 132 valence electrons. The summed E-state index contributed by atoms with van der Waals surface area (Å²) in [6, 6.07) is 9.77. The minimum Gasteiger partial charge on any atom is -0.268 e. The van der Waals surface area contributed by atoms with E-state index in [9.17, 15) is 24.1 Å². The molecule has 26 heavy (non-hydrogen) atoms. The summed E-state index contributed by atoms with van der Waals surface area (Å²) >= 11 is 6.63. The predicted molar refractivity (Wildman–Crippen MR) is 96.0 cm³/mol. The third kappa shape index (κ3) is 3.61. The Hall–Kier alpha value is -2.71. The number of rotatable bonds is 4. The maximum absolute atomic E-state index is 13.9. The number of nitrogens with zero attached hydrogens (tertiary/aromatic N) is 2. The van der Waals surface area contributed by atoms with Crippen LogP contribution in [0.1, 0.15) is 11.1 Å². The molecule has 0 aliphatic carbocycles. The largest absolute Gasteiger partial charge is 0.293 e. The van der Waals surface area contributed by atoms with Crippen molar-refractivity contribution in [3.05, 3.63) is 79.5 Å². The second-order valence-electron chi connectivity index (χ2n) is 5.32. The lowest BCUT2D eigenvalue weighted by atomic mass is 10.1. The molecule has 2 aromatic rings. The number of non-ortho nitro benzene ring substituents is 1. The quantitative estimate of drug-likeness (QED) is 0.430.